The summed E-state index contributed by atoms with van der Waals surface area (Å²) in [5.41, 5.74) is 0.239. The molecule has 1 amide bonds. The Morgan fingerprint density at radius 1 is 1.12 bits per heavy atom. The van der Waals surface area contributed by atoms with Gasteiger partial charge in [0.1, 0.15) is 11.6 Å². The Morgan fingerprint density at radius 2 is 1.77 bits per heavy atom. The van der Waals surface area contributed by atoms with Gasteiger partial charge in [0.15, 0.2) is 0 Å². The minimum atomic E-state index is -1.01. The van der Waals surface area contributed by atoms with Gasteiger partial charge < -0.3 is 10.0 Å². The van der Waals surface area contributed by atoms with Crippen molar-refractivity contribution in [2.75, 3.05) is 7.05 Å². The molecule has 26 heavy (non-hydrogen) atoms. The van der Waals surface area contributed by atoms with Crippen LogP contribution >= 0.6 is 0 Å². The van der Waals surface area contributed by atoms with E-state index in [1.807, 2.05) is 0 Å². The molecule has 0 atom stereocenters. The fourth-order valence-corrected chi connectivity index (χ4v) is 3.47. The average Bonchev–Trinajstić information content (AvgIpc) is 2.56. The van der Waals surface area contributed by atoms with Crippen molar-refractivity contribution in [2.24, 2.45) is 0 Å². The fourth-order valence-electron chi connectivity index (χ4n) is 3.47. The van der Waals surface area contributed by atoms with Gasteiger partial charge in [-0.2, -0.15) is 0 Å². The second kappa shape index (κ2) is 6.86. The van der Waals surface area contributed by atoms with Crippen LogP contribution in [0.3, 0.4) is 0 Å². The molecule has 0 heterocycles. The fraction of sp³-hybridized carbons (Fsp3) is 0.300. The zero-order valence-electron chi connectivity index (χ0n) is 14.3. The summed E-state index contributed by atoms with van der Waals surface area (Å²) in [4.78, 5) is 25.5. The predicted molar refractivity (Wildman–Crippen MR) is 91.8 cm³/mol. The molecule has 1 aliphatic rings. The van der Waals surface area contributed by atoms with E-state index in [0.29, 0.717) is 12.8 Å². The van der Waals surface area contributed by atoms with Crippen LogP contribution in [0.15, 0.2) is 42.5 Å². The van der Waals surface area contributed by atoms with Crippen molar-refractivity contribution in [3.8, 4) is 0 Å². The summed E-state index contributed by atoms with van der Waals surface area (Å²) in [5.74, 6) is -2.59. The monoisotopic (exact) mass is 359 g/mol. The Morgan fingerprint density at radius 3 is 2.27 bits per heavy atom. The molecule has 0 bridgehead atoms. The Balaban J connectivity index is 1.81. The number of amides is 1. The highest BCUT2D eigenvalue weighted by Gasteiger charge is 2.48. The smallest absolute Gasteiger partial charge is 0.335 e. The number of nitrogens with zero attached hydrogens (tertiary/aromatic N) is 1. The van der Waals surface area contributed by atoms with Crippen molar-refractivity contribution < 1.29 is 23.5 Å². The molecule has 2 aromatic rings. The molecule has 0 spiro atoms. The van der Waals surface area contributed by atoms with Gasteiger partial charge in [0, 0.05) is 25.2 Å². The van der Waals surface area contributed by atoms with E-state index >= 15 is 0 Å². The molecule has 1 fully saturated rings. The first-order valence-electron chi connectivity index (χ1n) is 8.37. The highest BCUT2D eigenvalue weighted by molar-refractivity contribution is 5.89. The van der Waals surface area contributed by atoms with Gasteiger partial charge in [-0.15, -0.1) is 0 Å². The lowest BCUT2D eigenvalue weighted by Gasteiger charge is -2.43. The summed E-state index contributed by atoms with van der Waals surface area (Å²) in [6, 6.07) is 9.61. The first kappa shape index (κ1) is 18.0. The molecular formula is C20H19F2NO3. The summed E-state index contributed by atoms with van der Waals surface area (Å²) >= 11 is 0. The Labute approximate surface area is 150 Å². The van der Waals surface area contributed by atoms with Gasteiger partial charge >= 0.3 is 5.97 Å². The van der Waals surface area contributed by atoms with Crippen molar-refractivity contribution in [3.05, 3.63) is 70.8 Å². The van der Waals surface area contributed by atoms with E-state index in [9.17, 15) is 18.4 Å². The molecule has 1 N–H and O–H groups in total. The first-order valence-corrected chi connectivity index (χ1v) is 8.37. The zero-order chi connectivity index (χ0) is 18.9. The number of benzene rings is 2. The van der Waals surface area contributed by atoms with Crippen molar-refractivity contribution in [1.82, 2.24) is 4.90 Å². The maximum Gasteiger partial charge on any atom is 0.335 e. The van der Waals surface area contributed by atoms with E-state index in [0.717, 1.165) is 18.1 Å². The lowest BCUT2D eigenvalue weighted by atomic mass is 9.63. The Hall–Kier alpha value is -2.76. The average molecular weight is 359 g/mol. The molecule has 0 aliphatic heterocycles. The van der Waals surface area contributed by atoms with E-state index < -0.39 is 23.0 Å². The van der Waals surface area contributed by atoms with E-state index in [1.165, 1.54) is 29.2 Å². The van der Waals surface area contributed by atoms with Crippen molar-refractivity contribution in [3.63, 3.8) is 0 Å². The number of halogens is 2. The van der Waals surface area contributed by atoms with Crippen LogP contribution in [0, 0.1) is 11.6 Å². The van der Waals surface area contributed by atoms with Gasteiger partial charge in [-0.3, -0.25) is 4.79 Å². The van der Waals surface area contributed by atoms with Gasteiger partial charge in [0.05, 0.1) is 11.0 Å². The second-order valence-electron chi connectivity index (χ2n) is 6.72. The summed E-state index contributed by atoms with van der Waals surface area (Å²) in [6.07, 6.45) is 1.86. The summed E-state index contributed by atoms with van der Waals surface area (Å²) in [5, 5.41) is 8.94. The standard InChI is InChI=1S/C20H19F2NO3/c1-23(12-13-3-5-14(6-4-13)18(24)25)19(26)20(9-2-10-20)16-8-7-15(21)11-17(16)22/h3-8,11H,2,9-10,12H2,1H3,(H,24,25). The van der Waals surface area contributed by atoms with Gasteiger partial charge in [-0.1, -0.05) is 24.6 Å². The maximum atomic E-state index is 14.3. The molecule has 2 aromatic carbocycles. The Bertz CT molecular complexity index is 845. The van der Waals surface area contributed by atoms with E-state index in [-0.39, 0.29) is 23.6 Å². The molecule has 4 nitrogen and oxygen atoms in total. The number of hydrogen-bond donors (Lipinski definition) is 1. The quantitative estimate of drug-likeness (QED) is 0.885. The zero-order valence-corrected chi connectivity index (χ0v) is 14.3. The number of hydrogen-bond acceptors (Lipinski definition) is 2. The van der Waals surface area contributed by atoms with E-state index in [1.54, 1.807) is 19.2 Å². The van der Waals surface area contributed by atoms with E-state index in [4.69, 9.17) is 5.11 Å². The number of carbonyl (C=O) groups excluding carboxylic acids is 1. The highest BCUT2D eigenvalue weighted by Crippen LogP contribution is 2.46. The number of aromatic carboxylic acids is 1. The lowest BCUT2D eigenvalue weighted by Crippen LogP contribution is -2.50. The van der Waals surface area contributed by atoms with Crippen LogP contribution in [0.5, 0.6) is 0 Å². The van der Waals surface area contributed by atoms with Crippen LogP contribution in [-0.4, -0.2) is 28.9 Å². The van der Waals surface area contributed by atoms with Gasteiger partial charge in [0.25, 0.3) is 0 Å². The number of carboxylic acids is 1. The van der Waals surface area contributed by atoms with Crippen LogP contribution in [0.25, 0.3) is 0 Å². The maximum absolute atomic E-state index is 14.3. The molecule has 6 heteroatoms. The van der Waals surface area contributed by atoms with Crippen LogP contribution < -0.4 is 0 Å². The number of carboxylic acid groups (broad SMARTS) is 1. The minimum Gasteiger partial charge on any atom is -0.478 e. The summed E-state index contributed by atoms with van der Waals surface area (Å²) < 4.78 is 27.5. The van der Waals surface area contributed by atoms with Crippen LogP contribution in [0.1, 0.15) is 40.7 Å². The first-order chi connectivity index (χ1) is 12.3. The molecule has 1 aliphatic carbocycles. The van der Waals surface area contributed by atoms with Crippen LogP contribution in [0.2, 0.25) is 0 Å². The molecule has 0 saturated heterocycles. The third-order valence-corrected chi connectivity index (χ3v) is 5.03. The lowest BCUT2D eigenvalue weighted by molar-refractivity contribution is -0.140. The number of rotatable bonds is 5. The Kier molecular flexibility index (Phi) is 4.76. The number of carbonyl (C=O) groups is 2. The third-order valence-electron chi connectivity index (χ3n) is 5.03. The largest absolute Gasteiger partial charge is 0.478 e. The minimum absolute atomic E-state index is 0.173. The third kappa shape index (κ3) is 3.19. The van der Waals surface area contributed by atoms with Gasteiger partial charge in [0.2, 0.25) is 5.91 Å². The summed E-state index contributed by atoms with van der Waals surface area (Å²) in [6.45, 7) is 0.281. The number of likely N-dealkylation sites (N-methyl/N-ethyl adjacent to an activating group) is 1. The molecule has 0 radical (unpaired) electrons. The molecule has 136 valence electrons. The van der Waals surface area contributed by atoms with Gasteiger partial charge in [-0.25, -0.2) is 13.6 Å². The summed E-state index contributed by atoms with van der Waals surface area (Å²) in [7, 11) is 1.63. The molecular weight excluding hydrogens is 340 g/mol. The van der Waals surface area contributed by atoms with Crippen LogP contribution in [0.4, 0.5) is 8.78 Å². The van der Waals surface area contributed by atoms with Crippen molar-refractivity contribution >= 4 is 11.9 Å². The van der Waals surface area contributed by atoms with Crippen molar-refractivity contribution in [1.29, 1.82) is 0 Å². The van der Waals surface area contributed by atoms with Crippen LogP contribution in [-0.2, 0) is 16.8 Å². The van der Waals surface area contributed by atoms with Crippen molar-refractivity contribution in [2.45, 2.75) is 31.2 Å². The molecule has 0 aromatic heterocycles. The van der Waals surface area contributed by atoms with E-state index in [2.05, 4.69) is 0 Å². The molecule has 1 saturated carbocycles. The van der Waals surface area contributed by atoms with Gasteiger partial charge in [-0.05, 0) is 36.6 Å². The molecule has 3 rings (SSSR count). The SMILES string of the molecule is CN(Cc1ccc(C(=O)O)cc1)C(=O)C1(c2ccc(F)cc2F)CCC1. The topological polar surface area (TPSA) is 57.6 Å². The highest BCUT2D eigenvalue weighted by atomic mass is 19.1. The second-order valence-corrected chi connectivity index (χ2v) is 6.72. The normalized spacial score (nSPS) is 15.2. The molecule has 0 unspecified atom stereocenters. The predicted octanol–water partition coefficient (Wildman–Crippen LogP) is 3.74.